The van der Waals surface area contributed by atoms with Crippen LogP contribution in [0.15, 0.2) is 71.9 Å². The van der Waals surface area contributed by atoms with Crippen LogP contribution in [0.5, 0.6) is 17.2 Å². The number of nitrogens with zero attached hydrogens (tertiary/aromatic N) is 3. The van der Waals surface area contributed by atoms with Crippen LogP contribution in [0.25, 0.3) is 0 Å². The molecule has 1 saturated heterocycles. The van der Waals surface area contributed by atoms with Crippen LogP contribution in [0.3, 0.4) is 0 Å². The lowest BCUT2D eigenvalue weighted by atomic mass is 9.94. The lowest BCUT2D eigenvalue weighted by molar-refractivity contribution is -0.128. The molecular weight excluding hydrogens is 452 g/mol. The van der Waals surface area contributed by atoms with Crippen molar-refractivity contribution in [1.29, 1.82) is 5.41 Å². The maximum Gasteiger partial charge on any atom is 0.246 e. The Hall–Kier alpha value is -3.87. The van der Waals surface area contributed by atoms with Gasteiger partial charge in [0.1, 0.15) is 17.2 Å². The summed E-state index contributed by atoms with van der Waals surface area (Å²) < 4.78 is 11.5. The zero-order valence-electron chi connectivity index (χ0n) is 21.2. The van der Waals surface area contributed by atoms with E-state index in [2.05, 4.69) is 17.7 Å². The molecule has 0 aliphatic carbocycles. The maximum atomic E-state index is 12.2. The number of methoxy groups -OCH3 is 1. The molecule has 1 N–H and O–H groups in total. The number of allylic oxidation sites excluding steroid dienone is 1. The van der Waals surface area contributed by atoms with Crippen molar-refractivity contribution in [2.24, 2.45) is 5.10 Å². The van der Waals surface area contributed by atoms with Crippen molar-refractivity contribution in [3.63, 3.8) is 0 Å². The Morgan fingerprint density at radius 2 is 1.97 bits per heavy atom. The smallest absolute Gasteiger partial charge is 0.246 e. The predicted molar refractivity (Wildman–Crippen MR) is 143 cm³/mol. The molecule has 1 amide bonds. The highest BCUT2D eigenvalue weighted by Crippen LogP contribution is 2.34. The van der Waals surface area contributed by atoms with Crippen molar-refractivity contribution in [2.75, 3.05) is 20.2 Å². The molecule has 36 heavy (non-hydrogen) atoms. The Morgan fingerprint density at radius 3 is 2.64 bits per heavy atom. The van der Waals surface area contributed by atoms with E-state index in [0.717, 1.165) is 59.0 Å². The highest BCUT2D eigenvalue weighted by molar-refractivity contribution is 6.14. The molecule has 2 atom stereocenters. The van der Waals surface area contributed by atoms with Crippen LogP contribution in [-0.2, 0) is 4.79 Å². The number of rotatable bonds is 8. The van der Waals surface area contributed by atoms with Crippen molar-refractivity contribution in [3.8, 4) is 17.2 Å². The lowest BCUT2D eigenvalue weighted by Gasteiger charge is -2.39. The topological polar surface area (TPSA) is 78.2 Å². The van der Waals surface area contributed by atoms with E-state index in [1.54, 1.807) is 7.11 Å². The fourth-order valence-electron chi connectivity index (χ4n) is 5.01. The number of piperidine rings is 1. The number of hydrazone groups is 1. The van der Waals surface area contributed by atoms with Crippen molar-refractivity contribution < 1.29 is 14.3 Å². The number of hydrogen-bond acceptors (Lipinski definition) is 6. The lowest BCUT2D eigenvalue weighted by Crippen LogP contribution is -2.49. The summed E-state index contributed by atoms with van der Waals surface area (Å²) in [5.74, 6) is 2.23. The SMILES string of the molecule is C=CC(=O)N1CCC[C@@H](N2N=C(c3ccc(Oc4cccc(OC)c4C)cc3)/C(=C/C)C2CC=N)C1. The molecule has 0 radical (unpaired) electrons. The number of nitrogens with one attached hydrogen (secondary N) is 1. The van der Waals surface area contributed by atoms with Gasteiger partial charge in [-0.25, -0.2) is 0 Å². The Balaban J connectivity index is 1.59. The Morgan fingerprint density at radius 1 is 1.22 bits per heavy atom. The van der Waals surface area contributed by atoms with Crippen LogP contribution in [0, 0.1) is 12.3 Å². The molecule has 0 saturated carbocycles. The van der Waals surface area contributed by atoms with E-state index in [9.17, 15) is 4.79 Å². The van der Waals surface area contributed by atoms with Crippen LogP contribution < -0.4 is 9.47 Å². The molecule has 1 fully saturated rings. The number of ether oxygens (including phenoxy) is 2. The van der Waals surface area contributed by atoms with Crippen LogP contribution in [-0.4, -0.2) is 60.0 Å². The van der Waals surface area contributed by atoms with Crippen molar-refractivity contribution in [3.05, 3.63) is 77.9 Å². The average molecular weight is 487 g/mol. The first-order chi connectivity index (χ1) is 17.5. The quantitative estimate of drug-likeness (QED) is 0.403. The van der Waals surface area contributed by atoms with E-state index < -0.39 is 0 Å². The van der Waals surface area contributed by atoms with Crippen LogP contribution in [0.4, 0.5) is 0 Å². The number of carbonyl (C=O) groups excluding carboxylic acids is 1. The molecule has 2 aliphatic heterocycles. The summed E-state index contributed by atoms with van der Waals surface area (Å²) in [5.41, 5.74) is 3.94. The second-order valence-corrected chi connectivity index (χ2v) is 9.02. The number of benzene rings is 2. The van der Waals surface area contributed by atoms with Gasteiger partial charge in [0.05, 0.1) is 24.9 Å². The fraction of sp³-hybridized carbons (Fsp3) is 0.345. The van der Waals surface area contributed by atoms with Gasteiger partial charge in [-0.1, -0.05) is 18.7 Å². The molecule has 4 rings (SSSR count). The van der Waals surface area contributed by atoms with Gasteiger partial charge in [-0.2, -0.15) is 5.10 Å². The zero-order chi connectivity index (χ0) is 25.7. The van der Waals surface area contributed by atoms with Gasteiger partial charge in [-0.15, -0.1) is 0 Å². The van der Waals surface area contributed by atoms with Gasteiger partial charge in [0.15, 0.2) is 0 Å². The monoisotopic (exact) mass is 486 g/mol. The van der Waals surface area contributed by atoms with Crippen LogP contribution in [0.2, 0.25) is 0 Å². The summed E-state index contributed by atoms with van der Waals surface area (Å²) in [6, 6.07) is 13.8. The number of likely N-dealkylation sites (tertiary alicyclic amines) is 1. The van der Waals surface area contributed by atoms with Crippen LogP contribution >= 0.6 is 0 Å². The largest absolute Gasteiger partial charge is 0.496 e. The predicted octanol–water partition coefficient (Wildman–Crippen LogP) is 5.35. The van der Waals surface area contributed by atoms with E-state index in [0.29, 0.717) is 13.0 Å². The molecule has 0 aromatic heterocycles. The Bertz CT molecular complexity index is 1190. The minimum absolute atomic E-state index is 0.0263. The molecule has 2 aliphatic rings. The van der Waals surface area contributed by atoms with Gasteiger partial charge < -0.3 is 19.8 Å². The van der Waals surface area contributed by atoms with Gasteiger partial charge in [-0.05, 0) is 75.4 Å². The number of hydrogen-bond donors (Lipinski definition) is 1. The van der Waals surface area contributed by atoms with Crippen molar-refractivity contribution >= 4 is 17.8 Å². The molecular formula is C29H34N4O3. The zero-order valence-corrected chi connectivity index (χ0v) is 21.2. The molecule has 0 spiro atoms. The van der Waals surface area contributed by atoms with E-state index >= 15 is 0 Å². The fourth-order valence-corrected chi connectivity index (χ4v) is 5.01. The highest BCUT2D eigenvalue weighted by Gasteiger charge is 2.37. The van der Waals surface area contributed by atoms with E-state index in [1.165, 1.54) is 12.3 Å². The standard InChI is InChI=1S/C29H34N4O3/c1-5-24-25(16-17-30)33(22-9-8-18-32(19-22)28(34)6-2)31-29(24)21-12-14-23(15-13-21)36-27-11-7-10-26(35-4)20(27)3/h5-7,10-15,17,22,25,30H,2,8-9,16,18-19H2,1,3-4H3/b24-5+,30-17?/t22-,25?/m1/s1. The van der Waals surface area contributed by atoms with E-state index in [4.69, 9.17) is 20.0 Å². The maximum absolute atomic E-state index is 12.2. The first-order valence-electron chi connectivity index (χ1n) is 12.4. The third-order valence-corrected chi connectivity index (χ3v) is 6.89. The third kappa shape index (κ3) is 5.05. The molecule has 7 heteroatoms. The number of carbonyl (C=O) groups is 1. The highest BCUT2D eigenvalue weighted by atomic mass is 16.5. The normalized spacial score (nSPS) is 20.8. The Kier molecular flexibility index (Phi) is 7.88. The summed E-state index contributed by atoms with van der Waals surface area (Å²) in [7, 11) is 1.65. The summed E-state index contributed by atoms with van der Waals surface area (Å²) in [5, 5.41) is 15.0. The number of amides is 1. The van der Waals surface area contributed by atoms with E-state index in [-0.39, 0.29) is 18.0 Å². The first-order valence-corrected chi connectivity index (χ1v) is 12.4. The van der Waals surface area contributed by atoms with E-state index in [1.807, 2.05) is 61.2 Å². The molecule has 2 heterocycles. The summed E-state index contributed by atoms with van der Waals surface area (Å²) in [6.07, 6.45) is 7.35. The van der Waals surface area contributed by atoms with Gasteiger partial charge in [0.25, 0.3) is 0 Å². The second kappa shape index (κ2) is 11.2. The molecule has 7 nitrogen and oxygen atoms in total. The minimum Gasteiger partial charge on any atom is -0.496 e. The van der Waals surface area contributed by atoms with Crippen molar-refractivity contribution in [1.82, 2.24) is 9.91 Å². The molecule has 2 aromatic rings. The van der Waals surface area contributed by atoms with Gasteiger partial charge in [-0.3, -0.25) is 9.80 Å². The minimum atomic E-state index is -0.0418. The van der Waals surface area contributed by atoms with Crippen LogP contribution in [0.1, 0.15) is 37.3 Å². The van der Waals surface area contributed by atoms with Gasteiger partial charge in [0.2, 0.25) is 5.91 Å². The summed E-state index contributed by atoms with van der Waals surface area (Å²) in [6.45, 7) is 8.98. The summed E-state index contributed by atoms with van der Waals surface area (Å²) in [4.78, 5) is 14.1. The molecule has 2 aromatic carbocycles. The molecule has 0 bridgehead atoms. The third-order valence-electron chi connectivity index (χ3n) is 6.89. The van der Waals surface area contributed by atoms with Gasteiger partial charge in [0, 0.05) is 36.2 Å². The molecule has 188 valence electrons. The van der Waals surface area contributed by atoms with Gasteiger partial charge >= 0.3 is 0 Å². The molecule has 1 unspecified atom stereocenters. The van der Waals surface area contributed by atoms with Crippen molar-refractivity contribution in [2.45, 2.75) is 45.2 Å². The Labute approximate surface area is 213 Å². The average Bonchev–Trinajstić information content (AvgIpc) is 3.28. The first kappa shape index (κ1) is 25.2. The summed E-state index contributed by atoms with van der Waals surface area (Å²) >= 11 is 0. The second-order valence-electron chi connectivity index (χ2n) is 9.02.